The molecule has 0 bridgehead atoms. The highest BCUT2D eigenvalue weighted by molar-refractivity contribution is 7.80. The highest BCUT2D eigenvalue weighted by Crippen LogP contribution is 2.26. The molecule has 0 aliphatic carbocycles. The molecule has 23 heavy (non-hydrogen) atoms. The first-order chi connectivity index (χ1) is 11.3. The van der Waals surface area contributed by atoms with Crippen LogP contribution in [0.25, 0.3) is 10.8 Å². The third-order valence-corrected chi connectivity index (χ3v) is 4.54. The van der Waals surface area contributed by atoms with Crippen LogP contribution < -0.4 is 15.1 Å². The van der Waals surface area contributed by atoms with E-state index in [1.807, 2.05) is 12.1 Å². The Balaban J connectivity index is 1.64. The summed E-state index contributed by atoms with van der Waals surface area (Å²) >= 11 is 5.55. The van der Waals surface area contributed by atoms with E-state index in [9.17, 15) is 0 Å². The van der Waals surface area contributed by atoms with E-state index in [2.05, 4.69) is 52.7 Å². The molecule has 0 spiro atoms. The molecule has 5 heteroatoms. The number of nitrogens with one attached hydrogen (secondary N) is 2. The van der Waals surface area contributed by atoms with Crippen molar-refractivity contribution in [1.29, 1.82) is 0 Å². The van der Waals surface area contributed by atoms with Gasteiger partial charge in [0.15, 0.2) is 24.2 Å². The smallest absolute Gasteiger partial charge is 0.182 e. The molecule has 0 radical (unpaired) electrons. The van der Waals surface area contributed by atoms with E-state index in [4.69, 9.17) is 16.6 Å². The average molecular weight is 324 g/mol. The number of hydrogen-bond acceptors (Lipinski definition) is 2. The molecular weight excluding hydrogens is 306 g/mol. The Labute approximate surface area is 140 Å². The SMILES string of the molecule is S=C1NC[NH+](Cc2ccco2)CN1c1cccc2ccccc12. The van der Waals surface area contributed by atoms with E-state index >= 15 is 0 Å². The highest BCUT2D eigenvalue weighted by atomic mass is 32.1. The number of rotatable bonds is 3. The van der Waals surface area contributed by atoms with Crippen molar-refractivity contribution in [3.8, 4) is 0 Å². The lowest BCUT2D eigenvalue weighted by Gasteiger charge is -2.35. The van der Waals surface area contributed by atoms with Crippen LogP contribution >= 0.6 is 12.2 Å². The summed E-state index contributed by atoms with van der Waals surface area (Å²) in [4.78, 5) is 3.54. The van der Waals surface area contributed by atoms with Crippen LogP contribution in [0.5, 0.6) is 0 Å². The molecule has 1 aliphatic heterocycles. The van der Waals surface area contributed by atoms with Gasteiger partial charge in [-0.3, -0.25) is 9.80 Å². The summed E-state index contributed by atoms with van der Waals surface area (Å²) in [7, 11) is 0. The first-order valence-electron chi connectivity index (χ1n) is 7.70. The van der Waals surface area contributed by atoms with Crippen molar-refractivity contribution < 1.29 is 9.32 Å². The van der Waals surface area contributed by atoms with Gasteiger partial charge in [0.2, 0.25) is 0 Å². The second kappa shape index (κ2) is 6.02. The largest absolute Gasteiger partial charge is 0.463 e. The van der Waals surface area contributed by atoms with Gasteiger partial charge in [0, 0.05) is 5.39 Å². The summed E-state index contributed by atoms with van der Waals surface area (Å²) in [6.07, 6.45) is 1.72. The number of nitrogens with zero attached hydrogens (tertiary/aromatic N) is 1. The molecule has 1 aliphatic rings. The quantitative estimate of drug-likeness (QED) is 0.723. The molecule has 3 aromatic rings. The molecule has 1 unspecified atom stereocenters. The van der Waals surface area contributed by atoms with Gasteiger partial charge in [0.1, 0.15) is 6.54 Å². The summed E-state index contributed by atoms with van der Waals surface area (Å²) in [5, 5.41) is 6.57. The molecule has 1 atom stereocenters. The zero-order chi connectivity index (χ0) is 15.6. The molecule has 0 amide bonds. The maximum absolute atomic E-state index is 5.55. The molecule has 2 N–H and O–H groups in total. The Morgan fingerprint density at radius 3 is 2.83 bits per heavy atom. The van der Waals surface area contributed by atoms with Gasteiger partial charge in [-0.05, 0) is 35.8 Å². The van der Waals surface area contributed by atoms with Crippen LogP contribution in [0.3, 0.4) is 0 Å². The normalized spacial score (nSPS) is 18.2. The minimum atomic E-state index is 0.782. The van der Waals surface area contributed by atoms with Gasteiger partial charge in [0.05, 0.1) is 12.0 Å². The van der Waals surface area contributed by atoms with Crippen LogP contribution in [0.4, 0.5) is 5.69 Å². The Morgan fingerprint density at radius 2 is 1.96 bits per heavy atom. The first-order valence-corrected chi connectivity index (χ1v) is 8.11. The van der Waals surface area contributed by atoms with E-state index in [0.717, 1.165) is 36.4 Å². The van der Waals surface area contributed by atoms with Crippen molar-refractivity contribution >= 4 is 33.8 Å². The monoisotopic (exact) mass is 324 g/mol. The van der Waals surface area contributed by atoms with Crippen LogP contribution in [-0.4, -0.2) is 18.4 Å². The number of benzene rings is 2. The number of hydrogen-bond donors (Lipinski definition) is 2. The second-order valence-corrected chi connectivity index (χ2v) is 6.14. The van der Waals surface area contributed by atoms with Crippen molar-refractivity contribution in [3.05, 3.63) is 66.6 Å². The van der Waals surface area contributed by atoms with Crippen LogP contribution in [0.1, 0.15) is 5.76 Å². The molecule has 1 fully saturated rings. The fraction of sp³-hybridized carbons (Fsp3) is 0.167. The van der Waals surface area contributed by atoms with Crippen LogP contribution in [0.2, 0.25) is 0 Å². The maximum Gasteiger partial charge on any atom is 0.182 e. The van der Waals surface area contributed by atoms with E-state index in [1.54, 1.807) is 6.26 Å². The van der Waals surface area contributed by atoms with Crippen molar-refractivity contribution in [2.45, 2.75) is 6.54 Å². The zero-order valence-corrected chi connectivity index (χ0v) is 13.5. The van der Waals surface area contributed by atoms with Gasteiger partial charge >= 0.3 is 0 Å². The zero-order valence-electron chi connectivity index (χ0n) is 12.7. The standard InChI is InChI=1S/C18H17N3OS/c23-18-19-12-20(11-15-7-4-10-22-15)13-21(18)17-9-3-6-14-5-1-2-8-16(14)17/h1-10H,11-13H2,(H,19,23)/p+1. The minimum absolute atomic E-state index is 0.782. The molecule has 4 rings (SSSR count). The molecule has 116 valence electrons. The summed E-state index contributed by atoms with van der Waals surface area (Å²) in [6.45, 7) is 2.46. The van der Waals surface area contributed by atoms with Crippen molar-refractivity contribution in [2.24, 2.45) is 0 Å². The van der Waals surface area contributed by atoms with Gasteiger partial charge < -0.3 is 9.73 Å². The third kappa shape index (κ3) is 2.81. The lowest BCUT2D eigenvalue weighted by molar-refractivity contribution is -0.917. The molecule has 2 aromatic carbocycles. The topological polar surface area (TPSA) is 32.9 Å². The Morgan fingerprint density at radius 1 is 1.09 bits per heavy atom. The van der Waals surface area contributed by atoms with Gasteiger partial charge in [0.25, 0.3) is 0 Å². The molecule has 2 heterocycles. The Kier molecular flexibility index (Phi) is 3.73. The molecule has 0 saturated carbocycles. The molecule has 1 aromatic heterocycles. The predicted octanol–water partition coefficient (Wildman–Crippen LogP) is 2.13. The predicted molar refractivity (Wildman–Crippen MR) is 95.3 cm³/mol. The van der Waals surface area contributed by atoms with E-state index < -0.39 is 0 Å². The van der Waals surface area contributed by atoms with Crippen molar-refractivity contribution in [2.75, 3.05) is 18.2 Å². The van der Waals surface area contributed by atoms with Crippen LogP contribution in [0.15, 0.2) is 65.3 Å². The third-order valence-electron chi connectivity index (χ3n) is 4.18. The van der Waals surface area contributed by atoms with Crippen LogP contribution in [0, 0.1) is 0 Å². The Bertz CT molecular complexity index is 826. The number of thiocarbonyl (C=S) groups is 1. The number of quaternary nitrogens is 1. The number of anilines is 1. The summed E-state index contributed by atoms with van der Waals surface area (Å²) in [5.74, 6) is 0.993. The second-order valence-electron chi connectivity index (χ2n) is 5.75. The maximum atomic E-state index is 5.55. The van der Waals surface area contributed by atoms with Gasteiger partial charge in [-0.25, -0.2) is 0 Å². The van der Waals surface area contributed by atoms with Gasteiger partial charge in [-0.1, -0.05) is 36.4 Å². The molecule has 1 saturated heterocycles. The molecule has 4 nitrogen and oxygen atoms in total. The summed E-state index contributed by atoms with van der Waals surface area (Å²) < 4.78 is 5.47. The highest BCUT2D eigenvalue weighted by Gasteiger charge is 2.26. The average Bonchev–Trinajstić information content (AvgIpc) is 3.09. The lowest BCUT2D eigenvalue weighted by Crippen LogP contribution is -3.16. The van der Waals surface area contributed by atoms with E-state index in [0.29, 0.717) is 0 Å². The van der Waals surface area contributed by atoms with Gasteiger partial charge in [-0.2, -0.15) is 0 Å². The lowest BCUT2D eigenvalue weighted by atomic mass is 10.1. The summed E-state index contributed by atoms with van der Waals surface area (Å²) in [5.41, 5.74) is 1.15. The fourth-order valence-electron chi connectivity index (χ4n) is 3.06. The first kappa shape index (κ1) is 14.2. The van der Waals surface area contributed by atoms with Crippen molar-refractivity contribution in [1.82, 2.24) is 5.32 Å². The van der Waals surface area contributed by atoms with Gasteiger partial charge in [-0.15, -0.1) is 0 Å². The Hall–Kier alpha value is -2.37. The summed E-state index contributed by atoms with van der Waals surface area (Å²) in [6, 6.07) is 18.7. The van der Waals surface area contributed by atoms with E-state index in [-0.39, 0.29) is 0 Å². The fourth-order valence-corrected chi connectivity index (χ4v) is 3.30. The number of furan rings is 1. The molecular formula is C18H18N3OS+. The van der Waals surface area contributed by atoms with E-state index in [1.165, 1.54) is 15.7 Å². The number of fused-ring (bicyclic) bond motifs is 1. The van der Waals surface area contributed by atoms with Crippen molar-refractivity contribution in [3.63, 3.8) is 0 Å². The van der Waals surface area contributed by atoms with Crippen LogP contribution in [-0.2, 0) is 6.54 Å². The minimum Gasteiger partial charge on any atom is -0.463 e.